The molecule has 9 heteroatoms. The average Bonchev–Trinajstić information content (AvgIpc) is 3.25. The van der Waals surface area contributed by atoms with Crippen LogP contribution in [0.25, 0.3) is 0 Å². The van der Waals surface area contributed by atoms with Crippen LogP contribution in [0.15, 0.2) is 18.3 Å². The number of carbonyl (C=O) groups is 1. The fourth-order valence-corrected chi connectivity index (χ4v) is 6.46. The van der Waals surface area contributed by atoms with Crippen LogP contribution < -0.4 is 9.62 Å². The number of sulfonamides is 1. The van der Waals surface area contributed by atoms with Crippen molar-refractivity contribution in [3.8, 4) is 0 Å². The maximum absolute atomic E-state index is 12.2. The predicted molar refractivity (Wildman–Crippen MR) is 97.2 cm³/mol. The van der Waals surface area contributed by atoms with E-state index in [1.54, 1.807) is 12.1 Å². The van der Waals surface area contributed by atoms with E-state index in [0.717, 1.165) is 44.6 Å². The van der Waals surface area contributed by atoms with E-state index in [1.165, 1.54) is 6.20 Å². The summed E-state index contributed by atoms with van der Waals surface area (Å²) < 4.78 is 33.6. The molecular formula is C18H23N3O5S. The second-order valence-electron chi connectivity index (χ2n) is 8.21. The highest BCUT2D eigenvalue weighted by Gasteiger charge is 2.63. The van der Waals surface area contributed by atoms with E-state index in [4.69, 9.17) is 9.84 Å². The van der Waals surface area contributed by atoms with Crippen LogP contribution in [0.4, 0.5) is 5.82 Å². The van der Waals surface area contributed by atoms with Gasteiger partial charge in [0.2, 0.25) is 10.0 Å². The van der Waals surface area contributed by atoms with Gasteiger partial charge < -0.3 is 14.7 Å². The normalized spacial score (nSPS) is 34.8. The van der Waals surface area contributed by atoms with E-state index in [2.05, 4.69) is 14.6 Å². The molecule has 2 bridgehead atoms. The van der Waals surface area contributed by atoms with Gasteiger partial charge in [0.1, 0.15) is 5.82 Å². The number of pyridine rings is 1. The summed E-state index contributed by atoms with van der Waals surface area (Å²) in [5, 5.41) is 8.82. The highest BCUT2D eigenvalue weighted by molar-refractivity contribution is 7.90. The lowest BCUT2D eigenvalue weighted by Gasteiger charge is -2.29. The smallest absolute Gasteiger partial charge is 0.337 e. The average molecular weight is 393 g/mol. The summed E-state index contributed by atoms with van der Waals surface area (Å²) in [6.45, 7) is 1.92. The number of hydrogen-bond donors (Lipinski definition) is 2. The first-order chi connectivity index (χ1) is 12.9. The zero-order valence-corrected chi connectivity index (χ0v) is 15.7. The monoisotopic (exact) mass is 393 g/mol. The lowest BCUT2D eigenvalue weighted by Crippen LogP contribution is -2.42. The zero-order valence-electron chi connectivity index (χ0n) is 14.9. The topological polar surface area (TPSA) is 109 Å². The van der Waals surface area contributed by atoms with Crippen molar-refractivity contribution in [3.63, 3.8) is 0 Å². The molecule has 1 aliphatic carbocycles. The van der Waals surface area contributed by atoms with Crippen molar-refractivity contribution in [2.45, 2.75) is 42.6 Å². The Hall–Kier alpha value is -1.71. The van der Waals surface area contributed by atoms with E-state index in [9.17, 15) is 13.2 Å². The van der Waals surface area contributed by atoms with Gasteiger partial charge in [0, 0.05) is 37.7 Å². The summed E-state index contributed by atoms with van der Waals surface area (Å²) in [6, 6.07) is 3.30. The first-order valence-electron chi connectivity index (χ1n) is 9.49. The summed E-state index contributed by atoms with van der Waals surface area (Å²) in [6.07, 6.45) is 4.98. The lowest BCUT2D eigenvalue weighted by molar-refractivity contribution is 0.0142. The summed E-state index contributed by atoms with van der Waals surface area (Å²) >= 11 is 0. The zero-order chi connectivity index (χ0) is 18.8. The third-order valence-corrected chi connectivity index (χ3v) is 8.50. The van der Waals surface area contributed by atoms with Crippen molar-refractivity contribution >= 4 is 21.8 Å². The third-order valence-electron chi connectivity index (χ3n) is 6.59. The Balaban J connectivity index is 1.31. The maximum Gasteiger partial charge on any atom is 0.337 e. The van der Waals surface area contributed by atoms with Crippen molar-refractivity contribution in [2.75, 3.05) is 24.5 Å². The molecule has 4 atom stereocenters. The lowest BCUT2D eigenvalue weighted by atomic mass is 9.74. The number of aromatic nitrogens is 1. The van der Waals surface area contributed by atoms with Gasteiger partial charge >= 0.3 is 5.97 Å². The molecular weight excluding hydrogens is 370 g/mol. The van der Waals surface area contributed by atoms with Gasteiger partial charge in [-0.25, -0.2) is 22.9 Å². The van der Waals surface area contributed by atoms with Crippen LogP contribution in [0.2, 0.25) is 0 Å². The van der Waals surface area contributed by atoms with Crippen molar-refractivity contribution in [1.82, 2.24) is 9.71 Å². The van der Waals surface area contributed by atoms with Gasteiger partial charge in [0.15, 0.2) is 0 Å². The van der Waals surface area contributed by atoms with E-state index >= 15 is 0 Å². The Morgan fingerprint density at radius 1 is 1.37 bits per heavy atom. The molecule has 3 saturated heterocycles. The fourth-order valence-electron chi connectivity index (χ4n) is 5.05. The van der Waals surface area contributed by atoms with Crippen LogP contribution >= 0.6 is 0 Å². The van der Waals surface area contributed by atoms with Crippen LogP contribution in [0.5, 0.6) is 0 Å². The van der Waals surface area contributed by atoms with Crippen molar-refractivity contribution < 1.29 is 23.1 Å². The molecule has 2 N–H and O–H groups in total. The third kappa shape index (κ3) is 2.83. The van der Waals surface area contributed by atoms with Crippen LogP contribution in [0.3, 0.4) is 0 Å². The maximum atomic E-state index is 12.2. The largest absolute Gasteiger partial charge is 0.478 e. The molecule has 8 nitrogen and oxygen atoms in total. The second-order valence-corrected chi connectivity index (χ2v) is 10.3. The molecule has 1 aromatic rings. The predicted octanol–water partition coefficient (Wildman–Crippen LogP) is 0.845. The van der Waals surface area contributed by atoms with E-state index < -0.39 is 16.0 Å². The Morgan fingerprint density at radius 2 is 2.19 bits per heavy atom. The number of carboxylic acids is 1. The van der Waals surface area contributed by atoms with E-state index in [-0.39, 0.29) is 34.4 Å². The Labute approximate surface area is 158 Å². The number of nitrogens with zero attached hydrogens (tertiary/aromatic N) is 2. The van der Waals surface area contributed by atoms with Gasteiger partial charge in [-0.3, -0.25) is 0 Å². The molecule has 146 valence electrons. The number of rotatable bonds is 6. The SMILES string of the molecule is O=C(O)c1ccc(N2C[C@@H]3[C@H](CNS(=O)(=O)C4CC4)[C@H]4CC[C@]3(C2)O4)nc1. The van der Waals surface area contributed by atoms with Crippen LogP contribution in [-0.2, 0) is 14.8 Å². The molecule has 0 unspecified atom stereocenters. The minimum Gasteiger partial charge on any atom is -0.478 e. The van der Waals surface area contributed by atoms with E-state index in [1.807, 2.05) is 0 Å². The highest BCUT2D eigenvalue weighted by Crippen LogP contribution is 2.55. The van der Waals surface area contributed by atoms with Crippen molar-refractivity contribution in [3.05, 3.63) is 23.9 Å². The first kappa shape index (κ1) is 17.4. The molecule has 5 rings (SSSR count). The number of nitrogens with one attached hydrogen (secondary N) is 1. The molecule has 4 heterocycles. The molecule has 0 aromatic carbocycles. The van der Waals surface area contributed by atoms with Crippen molar-refractivity contribution in [1.29, 1.82) is 0 Å². The second kappa shape index (κ2) is 5.89. The number of fused-ring (bicyclic) bond motifs is 1. The summed E-state index contributed by atoms with van der Waals surface area (Å²) in [5.74, 6) is 0.193. The summed E-state index contributed by atoms with van der Waals surface area (Å²) in [7, 11) is -3.19. The standard InChI is InChI=1S/C18H23N3O5S/c22-17(23)11-1-4-16(19-7-11)21-9-14-13(8-20-27(24,25)12-2-3-12)15-5-6-18(14,10-21)26-15/h1,4,7,12-15,20H,2-3,5-6,8-10H2,(H,22,23)/t13-,14+,15+,18+/m0/s1. The molecule has 4 fully saturated rings. The molecule has 0 amide bonds. The molecule has 27 heavy (non-hydrogen) atoms. The van der Waals surface area contributed by atoms with Gasteiger partial charge in [0.25, 0.3) is 0 Å². The molecule has 3 aliphatic heterocycles. The first-order valence-corrected chi connectivity index (χ1v) is 11.0. The van der Waals surface area contributed by atoms with Gasteiger partial charge in [-0.1, -0.05) is 0 Å². The number of hydrogen-bond acceptors (Lipinski definition) is 6. The van der Waals surface area contributed by atoms with Crippen LogP contribution in [0, 0.1) is 11.8 Å². The summed E-state index contributed by atoms with van der Waals surface area (Å²) in [5.41, 5.74) is -0.0612. The molecule has 4 aliphatic rings. The Bertz CT molecular complexity index is 869. The van der Waals surface area contributed by atoms with E-state index in [0.29, 0.717) is 6.54 Å². The Kier molecular flexibility index (Phi) is 3.80. The number of carboxylic acid groups (broad SMARTS) is 1. The van der Waals surface area contributed by atoms with Crippen LogP contribution in [-0.4, -0.2) is 61.1 Å². The van der Waals surface area contributed by atoms with Crippen molar-refractivity contribution in [2.24, 2.45) is 11.8 Å². The minimum absolute atomic E-state index is 0.126. The molecule has 1 aromatic heterocycles. The van der Waals surface area contributed by atoms with Gasteiger partial charge in [-0.15, -0.1) is 0 Å². The Morgan fingerprint density at radius 3 is 2.85 bits per heavy atom. The number of ether oxygens (including phenoxy) is 1. The van der Waals surface area contributed by atoms with Gasteiger partial charge in [-0.05, 0) is 37.8 Å². The highest BCUT2D eigenvalue weighted by atomic mass is 32.2. The fraction of sp³-hybridized carbons (Fsp3) is 0.667. The molecule has 1 spiro atoms. The molecule has 1 saturated carbocycles. The van der Waals surface area contributed by atoms with Crippen LogP contribution in [0.1, 0.15) is 36.0 Å². The van der Waals surface area contributed by atoms with Gasteiger partial charge in [0.05, 0.1) is 22.5 Å². The number of aromatic carboxylic acids is 1. The summed E-state index contributed by atoms with van der Waals surface area (Å²) in [4.78, 5) is 17.5. The molecule has 0 radical (unpaired) electrons. The quantitative estimate of drug-likeness (QED) is 0.737. The van der Waals surface area contributed by atoms with Gasteiger partial charge in [-0.2, -0.15) is 0 Å². The number of anilines is 1. The minimum atomic E-state index is -3.19.